The van der Waals surface area contributed by atoms with E-state index in [2.05, 4.69) is 18.5 Å². The number of ether oxygens (including phenoxy) is 1. The standard InChI is InChI=1S/C15H21ClNO6P/c1-4-8-21-24(19,22-9-5-2)23-14-10-12(17-15(18)11-16)6-7-13(14)20-3/h4-5,10H,1-2,6-9,11H2,3H3,(H,17,18). The van der Waals surface area contributed by atoms with Gasteiger partial charge in [-0.25, -0.2) is 4.57 Å². The maximum absolute atomic E-state index is 12.7. The lowest BCUT2D eigenvalue weighted by Gasteiger charge is -2.23. The average Bonchev–Trinajstić information content (AvgIpc) is 2.58. The number of methoxy groups -OCH3 is 1. The van der Waals surface area contributed by atoms with Crippen molar-refractivity contribution in [3.05, 3.63) is 48.6 Å². The van der Waals surface area contributed by atoms with E-state index in [0.717, 1.165) is 0 Å². The molecule has 0 bridgehead atoms. The highest BCUT2D eigenvalue weighted by molar-refractivity contribution is 7.48. The number of carbonyl (C=O) groups excluding carboxylic acids is 1. The van der Waals surface area contributed by atoms with Crippen molar-refractivity contribution in [3.8, 4) is 0 Å². The van der Waals surface area contributed by atoms with Crippen LogP contribution >= 0.6 is 19.4 Å². The Kier molecular flexibility index (Phi) is 8.85. The van der Waals surface area contributed by atoms with Crippen molar-refractivity contribution in [1.82, 2.24) is 5.32 Å². The number of carbonyl (C=O) groups is 1. The number of alkyl halides is 1. The van der Waals surface area contributed by atoms with E-state index in [1.165, 1.54) is 25.3 Å². The number of halogens is 1. The van der Waals surface area contributed by atoms with Gasteiger partial charge in [0.15, 0.2) is 5.76 Å². The molecule has 0 saturated heterocycles. The molecule has 1 aliphatic rings. The number of rotatable bonds is 11. The molecule has 1 amide bonds. The Hall–Kier alpha value is -1.53. The van der Waals surface area contributed by atoms with Gasteiger partial charge in [0.05, 0.1) is 20.3 Å². The largest absolute Gasteiger partial charge is 0.530 e. The normalized spacial score (nSPS) is 14.7. The third-order valence-corrected chi connectivity index (χ3v) is 4.37. The molecule has 0 spiro atoms. The van der Waals surface area contributed by atoms with Crippen LogP contribution in [0.15, 0.2) is 48.6 Å². The zero-order chi connectivity index (χ0) is 18.0. The van der Waals surface area contributed by atoms with Crippen molar-refractivity contribution < 1.29 is 27.7 Å². The van der Waals surface area contributed by atoms with Crippen molar-refractivity contribution >= 4 is 25.3 Å². The molecule has 1 N–H and O–H groups in total. The van der Waals surface area contributed by atoms with Crippen LogP contribution in [0.5, 0.6) is 0 Å². The molecule has 1 rings (SSSR count). The third kappa shape index (κ3) is 6.53. The summed E-state index contributed by atoms with van der Waals surface area (Å²) < 4.78 is 33.6. The van der Waals surface area contributed by atoms with Gasteiger partial charge < -0.3 is 14.6 Å². The summed E-state index contributed by atoms with van der Waals surface area (Å²) in [7, 11) is -2.44. The zero-order valence-corrected chi connectivity index (χ0v) is 15.1. The smallest absolute Gasteiger partial charge is 0.497 e. The minimum atomic E-state index is -3.90. The first-order valence-electron chi connectivity index (χ1n) is 7.12. The Morgan fingerprint density at radius 2 is 1.96 bits per heavy atom. The van der Waals surface area contributed by atoms with Crippen LogP contribution in [0.4, 0.5) is 0 Å². The van der Waals surface area contributed by atoms with Crippen molar-refractivity contribution in [1.29, 1.82) is 0 Å². The van der Waals surface area contributed by atoms with E-state index in [-0.39, 0.29) is 30.8 Å². The Labute approximate surface area is 146 Å². The molecule has 0 radical (unpaired) electrons. The molecule has 0 aliphatic heterocycles. The molecule has 1 aliphatic carbocycles. The maximum atomic E-state index is 12.7. The number of allylic oxidation sites excluding steroid dienone is 3. The van der Waals surface area contributed by atoms with E-state index in [0.29, 0.717) is 24.3 Å². The quantitative estimate of drug-likeness (QED) is 0.337. The highest BCUT2D eigenvalue weighted by Gasteiger charge is 2.31. The maximum Gasteiger partial charge on any atom is 0.530 e. The fourth-order valence-electron chi connectivity index (χ4n) is 1.77. The Morgan fingerprint density at radius 1 is 1.33 bits per heavy atom. The predicted octanol–water partition coefficient (Wildman–Crippen LogP) is 3.41. The van der Waals surface area contributed by atoms with Crippen LogP contribution in [0.2, 0.25) is 0 Å². The van der Waals surface area contributed by atoms with Crippen LogP contribution in [0, 0.1) is 0 Å². The monoisotopic (exact) mass is 377 g/mol. The molecule has 0 saturated carbocycles. The van der Waals surface area contributed by atoms with Gasteiger partial charge in [-0.3, -0.25) is 13.8 Å². The summed E-state index contributed by atoms with van der Waals surface area (Å²) in [6.07, 6.45) is 5.31. The third-order valence-electron chi connectivity index (χ3n) is 2.78. The molecule has 0 fully saturated rings. The molecule has 134 valence electrons. The van der Waals surface area contributed by atoms with Crippen molar-refractivity contribution in [3.63, 3.8) is 0 Å². The molecule has 24 heavy (non-hydrogen) atoms. The van der Waals surface area contributed by atoms with E-state index in [1.54, 1.807) is 0 Å². The summed E-state index contributed by atoms with van der Waals surface area (Å²) in [5, 5.41) is 2.63. The van der Waals surface area contributed by atoms with E-state index >= 15 is 0 Å². The highest BCUT2D eigenvalue weighted by atomic mass is 35.5. The molecule has 7 nitrogen and oxygen atoms in total. The fourth-order valence-corrected chi connectivity index (χ4v) is 2.99. The molecular formula is C15H21ClNO6P. The summed E-state index contributed by atoms with van der Waals surface area (Å²) in [6, 6.07) is 0. The van der Waals surface area contributed by atoms with E-state index in [4.69, 9.17) is 29.9 Å². The first-order valence-corrected chi connectivity index (χ1v) is 9.11. The summed E-state index contributed by atoms with van der Waals surface area (Å²) in [5.74, 6) is 0.100. The van der Waals surface area contributed by atoms with Crippen molar-refractivity contribution in [2.45, 2.75) is 12.8 Å². The first kappa shape index (κ1) is 20.5. The Bertz CT molecular complexity index is 571. The number of hydrogen-bond acceptors (Lipinski definition) is 6. The van der Waals surface area contributed by atoms with E-state index in [9.17, 15) is 9.36 Å². The lowest BCUT2D eigenvalue weighted by Crippen LogP contribution is -2.25. The number of amides is 1. The summed E-state index contributed by atoms with van der Waals surface area (Å²) >= 11 is 5.47. The number of hydrogen-bond donors (Lipinski definition) is 1. The predicted molar refractivity (Wildman–Crippen MR) is 91.2 cm³/mol. The summed E-state index contributed by atoms with van der Waals surface area (Å²) in [4.78, 5) is 11.4. The number of phosphoric acid groups is 1. The molecule has 0 aromatic rings. The molecule has 0 atom stereocenters. The molecule has 0 heterocycles. The van der Waals surface area contributed by atoms with Gasteiger partial charge in [0.2, 0.25) is 5.91 Å². The lowest BCUT2D eigenvalue weighted by molar-refractivity contribution is -0.118. The molecule has 0 unspecified atom stereocenters. The van der Waals surface area contributed by atoms with Crippen LogP contribution in [-0.4, -0.2) is 32.1 Å². The lowest BCUT2D eigenvalue weighted by atomic mass is 10.1. The minimum Gasteiger partial charge on any atom is -0.497 e. The summed E-state index contributed by atoms with van der Waals surface area (Å²) in [5.41, 5.74) is 0.565. The minimum absolute atomic E-state index is 0.0242. The summed E-state index contributed by atoms with van der Waals surface area (Å²) in [6.45, 7) is 6.93. The van der Waals surface area contributed by atoms with Crippen LogP contribution in [0.3, 0.4) is 0 Å². The number of phosphoric ester groups is 1. The first-order chi connectivity index (χ1) is 11.5. The highest BCUT2D eigenvalue weighted by Crippen LogP contribution is 2.52. The Morgan fingerprint density at radius 3 is 2.46 bits per heavy atom. The molecule has 0 aromatic heterocycles. The van der Waals surface area contributed by atoms with E-state index < -0.39 is 7.82 Å². The van der Waals surface area contributed by atoms with Gasteiger partial charge in [0.1, 0.15) is 11.6 Å². The topological polar surface area (TPSA) is 83.1 Å². The van der Waals surface area contributed by atoms with Gasteiger partial charge in [-0.1, -0.05) is 12.2 Å². The second-order valence-corrected chi connectivity index (χ2v) is 6.41. The SMILES string of the molecule is C=CCOP(=O)(OCC=C)OC1=C(OC)CCC(NC(=O)CCl)=C1. The van der Waals surface area contributed by atoms with E-state index in [1.807, 2.05) is 0 Å². The molecule has 0 aromatic carbocycles. The van der Waals surface area contributed by atoms with Crippen molar-refractivity contribution in [2.75, 3.05) is 26.2 Å². The van der Waals surface area contributed by atoms with Gasteiger partial charge in [0.25, 0.3) is 0 Å². The number of nitrogens with one attached hydrogen (secondary N) is 1. The van der Waals surface area contributed by atoms with Gasteiger partial charge >= 0.3 is 7.82 Å². The van der Waals surface area contributed by atoms with Gasteiger partial charge in [-0.15, -0.1) is 24.8 Å². The molecular weight excluding hydrogens is 357 g/mol. The molecule has 9 heteroatoms. The zero-order valence-electron chi connectivity index (χ0n) is 13.5. The Balaban J connectivity index is 3.00. The average molecular weight is 378 g/mol. The van der Waals surface area contributed by atoms with Crippen LogP contribution in [0.1, 0.15) is 12.8 Å². The van der Waals surface area contributed by atoms with Crippen LogP contribution in [-0.2, 0) is 27.7 Å². The van der Waals surface area contributed by atoms with Crippen LogP contribution in [0.25, 0.3) is 0 Å². The second-order valence-electron chi connectivity index (χ2n) is 4.55. The van der Waals surface area contributed by atoms with Gasteiger partial charge in [-0.2, -0.15) is 0 Å². The van der Waals surface area contributed by atoms with Gasteiger partial charge in [-0.05, 0) is 6.42 Å². The van der Waals surface area contributed by atoms with Crippen LogP contribution < -0.4 is 5.32 Å². The van der Waals surface area contributed by atoms with Crippen molar-refractivity contribution in [2.24, 2.45) is 0 Å². The fraction of sp³-hybridized carbons (Fsp3) is 0.400. The van der Waals surface area contributed by atoms with Gasteiger partial charge in [0, 0.05) is 18.2 Å². The second kappa shape index (κ2) is 10.4.